The van der Waals surface area contributed by atoms with E-state index in [-0.39, 0.29) is 41.2 Å². The van der Waals surface area contributed by atoms with Crippen molar-refractivity contribution in [3.8, 4) is 0 Å². The third kappa shape index (κ3) is 3.76. The van der Waals surface area contributed by atoms with Crippen molar-refractivity contribution in [1.82, 2.24) is 9.80 Å². The quantitative estimate of drug-likeness (QED) is 0.755. The van der Waals surface area contributed by atoms with Gasteiger partial charge in [0.15, 0.2) is 9.84 Å². The molecule has 0 radical (unpaired) electrons. The van der Waals surface area contributed by atoms with Gasteiger partial charge < -0.3 is 9.80 Å². The Kier molecular flexibility index (Phi) is 5.18. The molecule has 2 aliphatic heterocycles. The Morgan fingerprint density at radius 1 is 1.08 bits per heavy atom. The molecule has 3 fully saturated rings. The first kappa shape index (κ1) is 17.7. The van der Waals surface area contributed by atoms with Crippen LogP contribution in [0.15, 0.2) is 0 Å². The SMILES string of the molecule is CCN(C(=O)C1CC1C(=O)N1CCCCCC1)C1CCS(=O)(=O)C1. The summed E-state index contributed by atoms with van der Waals surface area (Å²) in [7, 11) is -3.01. The molecule has 2 amide bonds. The number of sulfone groups is 1. The maximum Gasteiger partial charge on any atom is 0.226 e. The number of hydrogen-bond acceptors (Lipinski definition) is 4. The van der Waals surface area contributed by atoms with Crippen molar-refractivity contribution in [2.24, 2.45) is 11.8 Å². The lowest BCUT2D eigenvalue weighted by Crippen LogP contribution is -2.43. The molecule has 1 aliphatic carbocycles. The van der Waals surface area contributed by atoms with Crippen LogP contribution in [0.25, 0.3) is 0 Å². The minimum atomic E-state index is -3.01. The van der Waals surface area contributed by atoms with Crippen molar-refractivity contribution in [3.63, 3.8) is 0 Å². The summed E-state index contributed by atoms with van der Waals surface area (Å²) < 4.78 is 23.4. The Balaban J connectivity index is 1.58. The molecule has 6 nitrogen and oxygen atoms in total. The fourth-order valence-electron chi connectivity index (χ4n) is 4.09. The molecule has 1 saturated carbocycles. The molecular formula is C17H28N2O4S. The van der Waals surface area contributed by atoms with Crippen LogP contribution in [0, 0.1) is 11.8 Å². The molecule has 2 saturated heterocycles. The van der Waals surface area contributed by atoms with Gasteiger partial charge >= 0.3 is 0 Å². The van der Waals surface area contributed by atoms with Gasteiger partial charge in [-0.2, -0.15) is 0 Å². The van der Waals surface area contributed by atoms with Crippen LogP contribution in [0.3, 0.4) is 0 Å². The predicted octanol–water partition coefficient (Wildman–Crippen LogP) is 1.06. The van der Waals surface area contributed by atoms with E-state index in [9.17, 15) is 18.0 Å². The lowest BCUT2D eigenvalue weighted by Gasteiger charge is -2.27. The van der Waals surface area contributed by atoms with Gasteiger partial charge in [-0.1, -0.05) is 12.8 Å². The zero-order chi connectivity index (χ0) is 17.3. The summed E-state index contributed by atoms with van der Waals surface area (Å²) in [5.41, 5.74) is 0. The zero-order valence-electron chi connectivity index (χ0n) is 14.4. The van der Waals surface area contributed by atoms with E-state index in [1.54, 1.807) is 4.90 Å². The second-order valence-corrected chi connectivity index (χ2v) is 9.60. The van der Waals surface area contributed by atoms with E-state index in [0.29, 0.717) is 19.4 Å². The van der Waals surface area contributed by atoms with Gasteiger partial charge in [-0.05, 0) is 32.6 Å². The van der Waals surface area contributed by atoms with Crippen molar-refractivity contribution in [3.05, 3.63) is 0 Å². The summed E-state index contributed by atoms with van der Waals surface area (Å²) in [4.78, 5) is 29.0. The first-order valence-corrected chi connectivity index (χ1v) is 11.0. The maximum absolute atomic E-state index is 12.8. The number of rotatable bonds is 4. The van der Waals surface area contributed by atoms with E-state index in [2.05, 4.69) is 0 Å². The molecule has 0 aromatic rings. The minimum Gasteiger partial charge on any atom is -0.342 e. The Hall–Kier alpha value is -1.11. The number of likely N-dealkylation sites (tertiary alicyclic amines) is 1. The molecule has 0 bridgehead atoms. The molecule has 136 valence electrons. The second kappa shape index (κ2) is 7.02. The van der Waals surface area contributed by atoms with Crippen LogP contribution >= 0.6 is 0 Å². The highest BCUT2D eigenvalue weighted by atomic mass is 32.2. The lowest BCUT2D eigenvalue weighted by atomic mass is 10.1. The predicted molar refractivity (Wildman–Crippen MR) is 91.1 cm³/mol. The summed E-state index contributed by atoms with van der Waals surface area (Å²) in [5.74, 6) is -0.0588. The molecule has 7 heteroatoms. The van der Waals surface area contributed by atoms with E-state index >= 15 is 0 Å². The van der Waals surface area contributed by atoms with Crippen molar-refractivity contribution in [2.45, 2.75) is 51.5 Å². The number of hydrogen-bond donors (Lipinski definition) is 0. The Labute approximate surface area is 144 Å². The van der Waals surface area contributed by atoms with Gasteiger partial charge in [0, 0.05) is 25.7 Å². The van der Waals surface area contributed by atoms with Gasteiger partial charge in [0.2, 0.25) is 11.8 Å². The summed E-state index contributed by atoms with van der Waals surface area (Å²) in [6.07, 6.45) is 5.62. The molecule has 3 atom stereocenters. The Bertz CT molecular complexity index is 596. The molecule has 3 rings (SSSR count). The molecule has 0 spiro atoms. The van der Waals surface area contributed by atoms with E-state index in [4.69, 9.17) is 0 Å². The van der Waals surface area contributed by atoms with Crippen molar-refractivity contribution in [1.29, 1.82) is 0 Å². The highest BCUT2D eigenvalue weighted by Crippen LogP contribution is 2.42. The summed E-state index contributed by atoms with van der Waals surface area (Å²) in [5, 5.41) is 0. The molecule has 24 heavy (non-hydrogen) atoms. The van der Waals surface area contributed by atoms with Crippen LogP contribution in [0.1, 0.15) is 45.4 Å². The average Bonchev–Trinajstić information content (AvgIpc) is 3.31. The highest BCUT2D eigenvalue weighted by Gasteiger charge is 2.51. The van der Waals surface area contributed by atoms with Crippen molar-refractivity contribution in [2.75, 3.05) is 31.1 Å². The van der Waals surface area contributed by atoms with Crippen molar-refractivity contribution < 1.29 is 18.0 Å². The molecule has 3 aliphatic rings. The van der Waals surface area contributed by atoms with E-state index in [0.717, 1.165) is 25.9 Å². The van der Waals surface area contributed by atoms with Crippen LogP contribution < -0.4 is 0 Å². The fourth-order valence-corrected chi connectivity index (χ4v) is 5.83. The first-order valence-electron chi connectivity index (χ1n) is 9.22. The van der Waals surface area contributed by atoms with Gasteiger partial charge in [0.25, 0.3) is 0 Å². The van der Waals surface area contributed by atoms with Crippen LogP contribution in [0.5, 0.6) is 0 Å². The minimum absolute atomic E-state index is 0.0206. The normalized spacial score (nSPS) is 32.2. The Morgan fingerprint density at radius 2 is 1.75 bits per heavy atom. The average molecular weight is 356 g/mol. The van der Waals surface area contributed by atoms with Crippen LogP contribution in [0.4, 0.5) is 0 Å². The van der Waals surface area contributed by atoms with Gasteiger partial charge in [0.1, 0.15) is 0 Å². The zero-order valence-corrected chi connectivity index (χ0v) is 15.3. The van der Waals surface area contributed by atoms with Crippen LogP contribution in [-0.4, -0.2) is 67.2 Å². The smallest absolute Gasteiger partial charge is 0.226 e. The third-order valence-corrected chi connectivity index (χ3v) is 7.37. The van der Waals surface area contributed by atoms with Gasteiger partial charge in [-0.15, -0.1) is 0 Å². The molecule has 0 aromatic carbocycles. The molecule has 0 aromatic heterocycles. The molecular weight excluding hydrogens is 328 g/mol. The first-order chi connectivity index (χ1) is 11.4. The van der Waals surface area contributed by atoms with Gasteiger partial charge in [0.05, 0.1) is 23.3 Å². The van der Waals surface area contributed by atoms with Crippen LogP contribution in [-0.2, 0) is 19.4 Å². The highest BCUT2D eigenvalue weighted by molar-refractivity contribution is 7.91. The van der Waals surface area contributed by atoms with Gasteiger partial charge in [-0.3, -0.25) is 9.59 Å². The van der Waals surface area contributed by atoms with E-state index in [1.807, 2.05) is 11.8 Å². The summed E-state index contributed by atoms with van der Waals surface area (Å²) in [6.45, 7) is 4.03. The van der Waals surface area contributed by atoms with E-state index in [1.165, 1.54) is 12.8 Å². The number of amides is 2. The maximum atomic E-state index is 12.8. The number of nitrogens with zero attached hydrogens (tertiary/aromatic N) is 2. The third-order valence-electron chi connectivity index (χ3n) is 5.62. The monoisotopic (exact) mass is 356 g/mol. The molecule has 0 N–H and O–H groups in total. The van der Waals surface area contributed by atoms with Crippen molar-refractivity contribution >= 4 is 21.7 Å². The fraction of sp³-hybridized carbons (Fsp3) is 0.882. The van der Waals surface area contributed by atoms with E-state index < -0.39 is 9.84 Å². The number of carbonyl (C=O) groups excluding carboxylic acids is 2. The lowest BCUT2D eigenvalue weighted by molar-refractivity contribution is -0.138. The topological polar surface area (TPSA) is 74.8 Å². The standard InChI is InChI=1S/C17H28N2O4S/c1-2-19(13-7-10-24(22,23)12-13)17(21)15-11-14(15)16(20)18-8-5-3-4-6-9-18/h13-15H,2-12H2,1H3. The Morgan fingerprint density at radius 3 is 2.29 bits per heavy atom. The van der Waals surface area contributed by atoms with Gasteiger partial charge in [-0.25, -0.2) is 8.42 Å². The summed E-state index contributed by atoms with van der Waals surface area (Å²) >= 11 is 0. The largest absolute Gasteiger partial charge is 0.342 e. The molecule has 2 heterocycles. The van der Waals surface area contributed by atoms with Crippen LogP contribution in [0.2, 0.25) is 0 Å². The number of carbonyl (C=O) groups is 2. The summed E-state index contributed by atoms with van der Waals surface area (Å²) in [6, 6.07) is -0.206. The molecule has 3 unspecified atom stereocenters. The second-order valence-electron chi connectivity index (χ2n) is 7.37.